The third-order valence-electron chi connectivity index (χ3n) is 5.71. The number of carbonyl (C=O) groups excluding carboxylic acids is 3. The molecule has 2 heterocycles. The van der Waals surface area contributed by atoms with E-state index in [2.05, 4.69) is 9.80 Å². The van der Waals surface area contributed by atoms with Crippen molar-refractivity contribution in [2.75, 3.05) is 42.6 Å². The number of ether oxygens (including phenoxy) is 1. The topological polar surface area (TPSA) is 70.2 Å². The molecule has 0 N–H and O–H groups in total. The Balaban J connectivity index is 1.42. The Morgan fingerprint density at radius 2 is 1.71 bits per heavy atom. The van der Waals surface area contributed by atoms with Gasteiger partial charge in [0, 0.05) is 26.2 Å². The zero-order chi connectivity index (χ0) is 22.0. The summed E-state index contributed by atoms with van der Waals surface area (Å²) in [6, 6.07) is 13.6. The summed E-state index contributed by atoms with van der Waals surface area (Å²) in [5.74, 6) is -0.880. The van der Waals surface area contributed by atoms with Crippen LogP contribution in [0.3, 0.4) is 0 Å². The van der Waals surface area contributed by atoms with Crippen molar-refractivity contribution in [1.29, 1.82) is 0 Å². The zero-order valence-electron chi connectivity index (χ0n) is 17.3. The molecule has 2 fully saturated rings. The van der Waals surface area contributed by atoms with Gasteiger partial charge in [0.2, 0.25) is 5.91 Å². The van der Waals surface area contributed by atoms with Crippen LogP contribution in [0.5, 0.6) is 0 Å². The minimum absolute atomic E-state index is 0.157. The van der Waals surface area contributed by atoms with Gasteiger partial charge in [0.1, 0.15) is 0 Å². The van der Waals surface area contributed by atoms with E-state index in [0.717, 1.165) is 18.8 Å². The van der Waals surface area contributed by atoms with Gasteiger partial charge in [-0.1, -0.05) is 23.7 Å². The maximum absolute atomic E-state index is 13.1. The average molecular weight is 442 g/mol. The molecule has 31 heavy (non-hydrogen) atoms. The van der Waals surface area contributed by atoms with Gasteiger partial charge in [0.25, 0.3) is 5.91 Å². The minimum atomic E-state index is -0.467. The Kier molecular flexibility index (Phi) is 6.25. The highest BCUT2D eigenvalue weighted by atomic mass is 35.5. The van der Waals surface area contributed by atoms with Crippen LogP contribution in [0.2, 0.25) is 5.02 Å². The molecule has 4 rings (SSSR count). The Morgan fingerprint density at radius 3 is 2.35 bits per heavy atom. The fourth-order valence-corrected chi connectivity index (χ4v) is 4.37. The lowest BCUT2D eigenvalue weighted by atomic mass is 10.1. The number of imide groups is 1. The van der Waals surface area contributed by atoms with Crippen LogP contribution >= 0.6 is 11.6 Å². The van der Waals surface area contributed by atoms with Crippen molar-refractivity contribution in [2.24, 2.45) is 0 Å². The highest BCUT2D eigenvalue weighted by Gasteiger charge is 2.43. The predicted octanol–water partition coefficient (Wildman–Crippen LogP) is 2.97. The average Bonchev–Trinajstić information content (AvgIpc) is 3.08. The molecule has 2 aromatic rings. The van der Waals surface area contributed by atoms with Crippen molar-refractivity contribution < 1.29 is 19.1 Å². The SMILES string of the molecule is CCOC(=O)c1ccc(N2C(=O)C[C@H](N3CCN(c4ccccc4Cl)CC3)C2=O)cc1. The lowest BCUT2D eigenvalue weighted by Crippen LogP contribution is -2.52. The minimum Gasteiger partial charge on any atom is -0.462 e. The largest absolute Gasteiger partial charge is 0.462 e. The van der Waals surface area contributed by atoms with Crippen LogP contribution in [0.1, 0.15) is 23.7 Å². The maximum Gasteiger partial charge on any atom is 0.338 e. The molecule has 0 saturated carbocycles. The monoisotopic (exact) mass is 441 g/mol. The van der Waals surface area contributed by atoms with Crippen LogP contribution in [-0.4, -0.2) is 61.5 Å². The summed E-state index contributed by atoms with van der Waals surface area (Å²) in [4.78, 5) is 43.0. The van der Waals surface area contributed by atoms with Gasteiger partial charge < -0.3 is 9.64 Å². The quantitative estimate of drug-likeness (QED) is 0.525. The smallest absolute Gasteiger partial charge is 0.338 e. The van der Waals surface area contributed by atoms with Crippen molar-refractivity contribution in [3.8, 4) is 0 Å². The van der Waals surface area contributed by atoms with E-state index >= 15 is 0 Å². The number of carbonyl (C=O) groups is 3. The maximum atomic E-state index is 13.1. The first-order chi connectivity index (χ1) is 15.0. The van der Waals surface area contributed by atoms with Gasteiger partial charge in [0.15, 0.2) is 0 Å². The molecule has 0 aromatic heterocycles. The van der Waals surface area contributed by atoms with Gasteiger partial charge in [-0.2, -0.15) is 0 Å². The number of anilines is 2. The highest BCUT2D eigenvalue weighted by Crippen LogP contribution is 2.29. The summed E-state index contributed by atoms with van der Waals surface area (Å²) in [6.45, 7) is 4.83. The molecule has 162 valence electrons. The van der Waals surface area contributed by atoms with E-state index in [4.69, 9.17) is 16.3 Å². The number of rotatable bonds is 5. The van der Waals surface area contributed by atoms with Gasteiger partial charge in [-0.05, 0) is 43.3 Å². The molecule has 2 amide bonds. The molecule has 8 heteroatoms. The molecular weight excluding hydrogens is 418 g/mol. The zero-order valence-corrected chi connectivity index (χ0v) is 18.0. The molecular formula is C23H24ClN3O4. The number of halogens is 1. The fraction of sp³-hybridized carbons (Fsp3) is 0.348. The molecule has 0 aliphatic carbocycles. The molecule has 2 saturated heterocycles. The van der Waals surface area contributed by atoms with Crippen LogP contribution in [0.4, 0.5) is 11.4 Å². The number of hydrogen-bond donors (Lipinski definition) is 0. The van der Waals surface area contributed by atoms with Crippen LogP contribution < -0.4 is 9.80 Å². The second-order valence-corrected chi connectivity index (χ2v) is 7.94. The molecule has 7 nitrogen and oxygen atoms in total. The van der Waals surface area contributed by atoms with Crippen molar-refractivity contribution in [3.63, 3.8) is 0 Å². The number of hydrogen-bond acceptors (Lipinski definition) is 6. The fourth-order valence-electron chi connectivity index (χ4n) is 4.12. The third-order valence-corrected chi connectivity index (χ3v) is 6.03. The predicted molar refractivity (Wildman–Crippen MR) is 119 cm³/mol. The summed E-state index contributed by atoms with van der Waals surface area (Å²) < 4.78 is 4.97. The Hall–Kier alpha value is -2.90. The van der Waals surface area contributed by atoms with E-state index in [0.29, 0.717) is 29.4 Å². The number of esters is 1. The Labute approximate surface area is 186 Å². The van der Waals surface area contributed by atoms with Crippen LogP contribution in [0.15, 0.2) is 48.5 Å². The Morgan fingerprint density at radius 1 is 1.03 bits per heavy atom. The van der Waals surface area contributed by atoms with Crippen molar-refractivity contribution in [2.45, 2.75) is 19.4 Å². The van der Waals surface area contributed by atoms with E-state index < -0.39 is 12.0 Å². The van der Waals surface area contributed by atoms with Gasteiger partial charge in [0.05, 0.1) is 41.0 Å². The van der Waals surface area contributed by atoms with Gasteiger partial charge in [-0.25, -0.2) is 9.69 Å². The first-order valence-corrected chi connectivity index (χ1v) is 10.7. The van der Waals surface area contributed by atoms with Gasteiger partial charge in [-0.15, -0.1) is 0 Å². The number of benzene rings is 2. The third kappa shape index (κ3) is 4.29. The molecule has 0 spiro atoms. The number of nitrogens with zero attached hydrogens (tertiary/aromatic N) is 3. The first kappa shape index (κ1) is 21.3. The summed E-state index contributed by atoms with van der Waals surface area (Å²) in [5, 5.41) is 0.709. The standard InChI is InChI=1S/C23H24ClN3O4/c1-2-31-23(30)16-7-9-17(10-8-16)27-21(28)15-20(22(27)29)26-13-11-25(12-14-26)19-6-4-3-5-18(19)24/h3-10,20H,2,11-15H2,1H3/t20-/m0/s1. The van der Waals surface area contributed by atoms with Crippen LogP contribution in [0.25, 0.3) is 0 Å². The normalized spacial score (nSPS) is 19.7. The summed E-state index contributed by atoms with van der Waals surface area (Å²) in [5.41, 5.74) is 1.85. The van der Waals surface area contributed by atoms with Gasteiger partial charge >= 0.3 is 5.97 Å². The summed E-state index contributed by atoms with van der Waals surface area (Å²) in [6.07, 6.45) is 0.157. The number of amides is 2. The van der Waals surface area contributed by atoms with Crippen LogP contribution in [-0.2, 0) is 14.3 Å². The number of para-hydroxylation sites is 1. The second-order valence-electron chi connectivity index (χ2n) is 7.53. The van der Waals surface area contributed by atoms with Crippen LogP contribution in [0, 0.1) is 0 Å². The van der Waals surface area contributed by atoms with E-state index in [1.165, 1.54) is 4.90 Å². The second kappa shape index (κ2) is 9.08. The van der Waals surface area contributed by atoms with Crippen molar-refractivity contribution in [1.82, 2.24) is 4.90 Å². The van der Waals surface area contributed by atoms with E-state index in [-0.39, 0.29) is 24.8 Å². The highest BCUT2D eigenvalue weighted by molar-refractivity contribution is 6.33. The molecule has 0 bridgehead atoms. The van der Waals surface area contributed by atoms with E-state index in [1.807, 2.05) is 24.3 Å². The first-order valence-electron chi connectivity index (χ1n) is 10.4. The molecule has 1 atom stereocenters. The molecule has 2 aliphatic rings. The molecule has 0 unspecified atom stereocenters. The number of piperazine rings is 1. The molecule has 2 aliphatic heterocycles. The Bertz CT molecular complexity index is 987. The van der Waals surface area contributed by atoms with Crippen molar-refractivity contribution in [3.05, 3.63) is 59.1 Å². The van der Waals surface area contributed by atoms with Gasteiger partial charge in [-0.3, -0.25) is 14.5 Å². The van der Waals surface area contributed by atoms with E-state index in [9.17, 15) is 14.4 Å². The summed E-state index contributed by atoms with van der Waals surface area (Å²) >= 11 is 6.31. The lowest BCUT2D eigenvalue weighted by Gasteiger charge is -2.38. The lowest BCUT2D eigenvalue weighted by molar-refractivity contribution is -0.123. The van der Waals surface area contributed by atoms with Crippen molar-refractivity contribution >= 4 is 40.8 Å². The molecule has 0 radical (unpaired) electrons. The van der Waals surface area contributed by atoms with E-state index in [1.54, 1.807) is 31.2 Å². The molecule has 2 aromatic carbocycles. The summed E-state index contributed by atoms with van der Waals surface area (Å²) in [7, 11) is 0.